The Morgan fingerprint density at radius 1 is 1.21 bits per heavy atom. The lowest BCUT2D eigenvalue weighted by molar-refractivity contribution is -0.384. The van der Waals surface area contributed by atoms with Crippen molar-refractivity contribution in [1.82, 2.24) is 10.2 Å². The van der Waals surface area contributed by atoms with Gasteiger partial charge in [0.25, 0.3) is 5.69 Å². The van der Waals surface area contributed by atoms with Crippen molar-refractivity contribution in [3.05, 3.63) is 39.9 Å². The summed E-state index contributed by atoms with van der Waals surface area (Å²) in [7, 11) is 0. The van der Waals surface area contributed by atoms with Crippen LogP contribution in [-0.2, 0) is 25.7 Å². The highest BCUT2D eigenvalue weighted by molar-refractivity contribution is 5.92. The molecule has 12 heteroatoms. The molecule has 12 nitrogen and oxygen atoms in total. The maximum atomic E-state index is 12.9. The van der Waals surface area contributed by atoms with Gasteiger partial charge in [-0.1, -0.05) is 12.1 Å². The second-order valence-electron chi connectivity index (χ2n) is 6.43. The topological polar surface area (TPSA) is 199 Å². The van der Waals surface area contributed by atoms with E-state index in [2.05, 4.69) is 5.32 Å². The molecule has 0 aliphatic heterocycles. The van der Waals surface area contributed by atoms with Crippen LogP contribution in [0.2, 0.25) is 0 Å². The summed E-state index contributed by atoms with van der Waals surface area (Å²) in [5.74, 6) is -3.81. The smallest absolute Gasteiger partial charge is 0.326 e. The summed E-state index contributed by atoms with van der Waals surface area (Å²) in [5, 5.41) is 22.6. The number of nitrogens with two attached hydrogens (primary N) is 2. The third-order valence-corrected chi connectivity index (χ3v) is 3.98. The molecule has 1 aromatic rings. The van der Waals surface area contributed by atoms with Crippen LogP contribution in [0.3, 0.4) is 0 Å². The Kier molecular flexibility index (Phi) is 8.21. The van der Waals surface area contributed by atoms with E-state index in [0.29, 0.717) is 5.56 Å². The summed E-state index contributed by atoms with van der Waals surface area (Å²) >= 11 is 0. The fraction of sp³-hybridized carbons (Fsp3) is 0.412. The number of hydrogen-bond donors (Lipinski definition) is 4. The highest BCUT2D eigenvalue weighted by Gasteiger charge is 2.34. The summed E-state index contributed by atoms with van der Waals surface area (Å²) in [5.41, 5.74) is 10.8. The Morgan fingerprint density at radius 3 is 2.17 bits per heavy atom. The van der Waals surface area contributed by atoms with Crippen molar-refractivity contribution in [1.29, 1.82) is 0 Å². The number of nitro benzene ring substituents is 1. The van der Waals surface area contributed by atoms with Crippen molar-refractivity contribution < 1.29 is 29.2 Å². The largest absolute Gasteiger partial charge is 0.480 e. The molecule has 3 amide bonds. The number of primary amides is 1. The lowest BCUT2D eigenvalue weighted by Crippen LogP contribution is -2.55. The molecule has 6 N–H and O–H groups in total. The maximum Gasteiger partial charge on any atom is 0.326 e. The molecule has 1 aromatic carbocycles. The maximum absolute atomic E-state index is 12.9. The van der Waals surface area contributed by atoms with Crippen LogP contribution in [0.15, 0.2) is 24.3 Å². The highest BCUT2D eigenvalue weighted by Crippen LogP contribution is 2.17. The predicted molar refractivity (Wildman–Crippen MR) is 100 cm³/mol. The van der Waals surface area contributed by atoms with E-state index in [1.807, 2.05) is 0 Å². The molecule has 158 valence electrons. The summed E-state index contributed by atoms with van der Waals surface area (Å²) in [6, 6.07) is 1.48. The van der Waals surface area contributed by atoms with E-state index >= 15 is 0 Å². The summed E-state index contributed by atoms with van der Waals surface area (Å²) in [6.45, 7) is 2.47. The minimum absolute atomic E-state index is 0.184. The average molecular weight is 409 g/mol. The summed E-state index contributed by atoms with van der Waals surface area (Å²) in [6.07, 6.45) is -0.651. The molecular weight excluding hydrogens is 386 g/mol. The lowest BCUT2D eigenvalue weighted by atomic mass is 10.1. The molecule has 0 aliphatic rings. The van der Waals surface area contributed by atoms with Gasteiger partial charge in [0.05, 0.1) is 17.4 Å². The number of nitro groups is 1. The number of carbonyl (C=O) groups is 4. The van der Waals surface area contributed by atoms with Crippen LogP contribution in [0, 0.1) is 10.1 Å². The van der Waals surface area contributed by atoms with Crippen LogP contribution in [0.5, 0.6) is 0 Å². The Labute approximate surface area is 166 Å². The first kappa shape index (κ1) is 23.5. The fourth-order valence-corrected chi connectivity index (χ4v) is 2.44. The van der Waals surface area contributed by atoms with Gasteiger partial charge in [0, 0.05) is 18.7 Å². The Balaban J connectivity index is 3.20. The SMILES string of the molecule is C[C@H](N)C(=O)N[C@@H](C)C(=O)N(Cc1ccc([N+](=O)[O-])cc1)[C@@H](CC(N)=O)C(=O)O. The van der Waals surface area contributed by atoms with Gasteiger partial charge < -0.3 is 26.8 Å². The van der Waals surface area contributed by atoms with Crippen LogP contribution in [0.25, 0.3) is 0 Å². The minimum Gasteiger partial charge on any atom is -0.480 e. The number of rotatable bonds is 10. The van der Waals surface area contributed by atoms with Crippen molar-refractivity contribution in [3.8, 4) is 0 Å². The van der Waals surface area contributed by atoms with Gasteiger partial charge in [-0.3, -0.25) is 24.5 Å². The summed E-state index contributed by atoms with van der Waals surface area (Å²) < 4.78 is 0. The van der Waals surface area contributed by atoms with Crippen molar-refractivity contribution in [3.63, 3.8) is 0 Å². The molecule has 0 saturated carbocycles. The average Bonchev–Trinajstić information content (AvgIpc) is 2.63. The molecular formula is C17H23N5O7. The first-order valence-electron chi connectivity index (χ1n) is 8.55. The summed E-state index contributed by atoms with van der Waals surface area (Å²) in [4.78, 5) is 58.6. The van der Waals surface area contributed by atoms with Crippen LogP contribution in [0.1, 0.15) is 25.8 Å². The molecule has 1 rings (SSSR count). The van der Waals surface area contributed by atoms with Gasteiger partial charge >= 0.3 is 5.97 Å². The molecule has 0 bridgehead atoms. The number of carbonyl (C=O) groups excluding carboxylic acids is 3. The fourth-order valence-electron chi connectivity index (χ4n) is 2.44. The number of non-ortho nitro benzene ring substituents is 1. The highest BCUT2D eigenvalue weighted by atomic mass is 16.6. The van der Waals surface area contributed by atoms with Crippen LogP contribution in [-0.4, -0.2) is 56.7 Å². The third-order valence-electron chi connectivity index (χ3n) is 3.98. The predicted octanol–water partition coefficient (Wildman–Crippen LogP) is -0.896. The number of benzene rings is 1. The van der Waals surface area contributed by atoms with Gasteiger partial charge in [-0.2, -0.15) is 0 Å². The monoisotopic (exact) mass is 409 g/mol. The van der Waals surface area contributed by atoms with E-state index in [0.717, 1.165) is 4.90 Å². The molecule has 29 heavy (non-hydrogen) atoms. The normalized spacial score (nSPS) is 13.6. The Bertz CT molecular complexity index is 794. The number of nitrogens with one attached hydrogen (secondary N) is 1. The molecule has 0 unspecified atom stereocenters. The van der Waals surface area contributed by atoms with Crippen LogP contribution in [0.4, 0.5) is 5.69 Å². The number of amides is 3. The van der Waals surface area contributed by atoms with E-state index in [4.69, 9.17) is 11.5 Å². The van der Waals surface area contributed by atoms with E-state index in [1.54, 1.807) is 0 Å². The van der Waals surface area contributed by atoms with Crippen molar-refractivity contribution in [2.24, 2.45) is 11.5 Å². The molecule has 0 aliphatic carbocycles. The molecule has 3 atom stereocenters. The number of carboxylic acid groups (broad SMARTS) is 1. The first-order valence-corrected chi connectivity index (χ1v) is 8.55. The van der Waals surface area contributed by atoms with E-state index in [9.17, 15) is 34.4 Å². The third kappa shape index (κ3) is 6.84. The van der Waals surface area contributed by atoms with Crippen LogP contribution < -0.4 is 16.8 Å². The first-order chi connectivity index (χ1) is 13.4. The molecule has 0 saturated heterocycles. The second kappa shape index (κ2) is 10.1. The molecule has 0 radical (unpaired) electrons. The Hall–Kier alpha value is -3.54. The number of carboxylic acids is 1. The zero-order valence-electron chi connectivity index (χ0n) is 15.9. The van der Waals surface area contributed by atoms with Crippen molar-refractivity contribution in [2.75, 3.05) is 0 Å². The quantitative estimate of drug-likeness (QED) is 0.281. The lowest BCUT2D eigenvalue weighted by Gasteiger charge is -2.31. The molecule has 0 aromatic heterocycles. The standard InChI is InChI=1S/C17H23N5O7/c1-9(18)15(24)20-10(2)16(25)21(13(17(26)27)7-14(19)23)8-11-3-5-12(6-4-11)22(28)29/h3-6,9-10,13H,7-8,18H2,1-2H3,(H2,19,23)(H,20,24)(H,26,27)/t9-,10-,13-/m0/s1. The van der Waals surface area contributed by atoms with Gasteiger partial charge in [0.2, 0.25) is 17.7 Å². The molecule has 0 heterocycles. The van der Waals surface area contributed by atoms with Gasteiger partial charge in [0.15, 0.2) is 0 Å². The van der Waals surface area contributed by atoms with E-state index in [1.165, 1.54) is 38.1 Å². The number of hydrogen-bond acceptors (Lipinski definition) is 7. The van der Waals surface area contributed by atoms with Gasteiger partial charge in [0.1, 0.15) is 12.1 Å². The van der Waals surface area contributed by atoms with Gasteiger partial charge in [-0.05, 0) is 19.4 Å². The van der Waals surface area contributed by atoms with Gasteiger partial charge in [-0.25, -0.2) is 4.79 Å². The Morgan fingerprint density at radius 2 is 1.76 bits per heavy atom. The molecule has 0 fully saturated rings. The number of aliphatic carboxylic acids is 1. The second-order valence-corrected chi connectivity index (χ2v) is 6.43. The van der Waals surface area contributed by atoms with E-state index in [-0.39, 0.29) is 12.2 Å². The van der Waals surface area contributed by atoms with Crippen LogP contribution >= 0.6 is 0 Å². The molecule has 0 spiro atoms. The van der Waals surface area contributed by atoms with Gasteiger partial charge in [-0.15, -0.1) is 0 Å². The number of nitrogens with zero attached hydrogens (tertiary/aromatic N) is 2. The van der Waals surface area contributed by atoms with Crippen molar-refractivity contribution in [2.45, 2.75) is 44.9 Å². The zero-order valence-corrected chi connectivity index (χ0v) is 15.9. The van der Waals surface area contributed by atoms with E-state index < -0.39 is 53.2 Å². The van der Waals surface area contributed by atoms with Crippen molar-refractivity contribution >= 4 is 29.4 Å². The minimum atomic E-state index is -1.59. The zero-order chi connectivity index (χ0) is 22.3.